The SMILES string of the molecule is C[C@H]1CC12C(=O)N(C)c1cnc(-c3ccncc3N)nc1N2C1CCCC1. The van der Waals surface area contributed by atoms with Crippen molar-refractivity contribution < 1.29 is 4.79 Å². The number of carbonyl (C=O) groups is 1. The van der Waals surface area contributed by atoms with E-state index in [-0.39, 0.29) is 5.91 Å². The molecule has 0 radical (unpaired) electrons. The minimum absolute atomic E-state index is 0.175. The van der Waals surface area contributed by atoms with Crippen LogP contribution in [0.3, 0.4) is 0 Å². The number of nitrogen functional groups attached to an aromatic ring is 1. The Morgan fingerprint density at radius 3 is 2.67 bits per heavy atom. The third-order valence-electron chi connectivity index (χ3n) is 6.50. The first kappa shape index (κ1) is 16.5. The number of carbonyl (C=O) groups excluding carboxylic acids is 1. The van der Waals surface area contributed by atoms with Crippen molar-refractivity contribution in [1.29, 1.82) is 0 Å². The van der Waals surface area contributed by atoms with Crippen LogP contribution < -0.4 is 15.5 Å². The number of hydrogen-bond donors (Lipinski definition) is 1. The second-order valence-electron chi connectivity index (χ2n) is 8.07. The zero-order valence-corrected chi connectivity index (χ0v) is 15.7. The molecular weight excluding hydrogens is 340 g/mol. The molecule has 140 valence electrons. The van der Waals surface area contributed by atoms with Crippen molar-refractivity contribution in [2.75, 3.05) is 22.6 Å². The quantitative estimate of drug-likeness (QED) is 0.881. The lowest BCUT2D eigenvalue weighted by Gasteiger charge is -2.45. The van der Waals surface area contributed by atoms with Crippen LogP contribution in [0.5, 0.6) is 0 Å². The smallest absolute Gasteiger partial charge is 0.253 e. The van der Waals surface area contributed by atoms with Crippen LogP contribution in [0.25, 0.3) is 11.4 Å². The Morgan fingerprint density at radius 2 is 2.00 bits per heavy atom. The summed E-state index contributed by atoms with van der Waals surface area (Å²) in [5.74, 6) is 1.97. The molecule has 27 heavy (non-hydrogen) atoms. The summed E-state index contributed by atoms with van der Waals surface area (Å²) in [5.41, 5.74) is 7.78. The van der Waals surface area contributed by atoms with Crippen molar-refractivity contribution in [2.45, 2.75) is 50.6 Å². The number of aromatic nitrogens is 3. The lowest BCUT2D eigenvalue weighted by atomic mass is 10.0. The first-order valence-corrected chi connectivity index (χ1v) is 9.68. The van der Waals surface area contributed by atoms with E-state index in [0.717, 1.165) is 36.3 Å². The minimum Gasteiger partial charge on any atom is -0.397 e. The van der Waals surface area contributed by atoms with Crippen LogP contribution in [-0.2, 0) is 4.79 Å². The normalized spacial score (nSPS) is 27.3. The van der Waals surface area contributed by atoms with Crippen LogP contribution in [0.2, 0.25) is 0 Å². The molecule has 5 rings (SSSR count). The molecule has 3 heterocycles. The molecule has 1 unspecified atom stereocenters. The van der Waals surface area contributed by atoms with Crippen LogP contribution in [0.15, 0.2) is 24.7 Å². The number of anilines is 3. The molecule has 0 saturated heterocycles. The van der Waals surface area contributed by atoms with Gasteiger partial charge in [-0.1, -0.05) is 19.8 Å². The number of rotatable bonds is 2. The summed E-state index contributed by atoms with van der Waals surface area (Å²) in [6.45, 7) is 2.17. The number of hydrogen-bond acceptors (Lipinski definition) is 6. The van der Waals surface area contributed by atoms with Gasteiger partial charge in [0.05, 0.1) is 18.1 Å². The van der Waals surface area contributed by atoms with Gasteiger partial charge in [-0.25, -0.2) is 9.97 Å². The largest absolute Gasteiger partial charge is 0.397 e. The molecule has 7 nitrogen and oxygen atoms in total. The van der Waals surface area contributed by atoms with E-state index in [9.17, 15) is 4.79 Å². The highest BCUT2D eigenvalue weighted by Crippen LogP contribution is 2.57. The molecule has 2 N–H and O–H groups in total. The van der Waals surface area contributed by atoms with Gasteiger partial charge in [0.2, 0.25) is 0 Å². The van der Waals surface area contributed by atoms with Gasteiger partial charge in [0.15, 0.2) is 11.6 Å². The lowest BCUT2D eigenvalue weighted by molar-refractivity contribution is -0.121. The maximum absolute atomic E-state index is 13.3. The van der Waals surface area contributed by atoms with E-state index in [0.29, 0.717) is 23.5 Å². The van der Waals surface area contributed by atoms with Gasteiger partial charge in [0, 0.05) is 24.8 Å². The fourth-order valence-electron chi connectivity index (χ4n) is 4.92. The fourth-order valence-corrected chi connectivity index (χ4v) is 4.92. The molecule has 1 spiro atoms. The van der Waals surface area contributed by atoms with Crippen LogP contribution in [0.4, 0.5) is 17.2 Å². The van der Waals surface area contributed by atoms with Crippen molar-refractivity contribution in [2.24, 2.45) is 5.92 Å². The number of pyridine rings is 1. The second kappa shape index (κ2) is 5.65. The van der Waals surface area contributed by atoms with Crippen LogP contribution in [-0.4, -0.2) is 39.5 Å². The van der Waals surface area contributed by atoms with E-state index in [4.69, 9.17) is 10.7 Å². The molecule has 2 aromatic rings. The molecule has 0 bridgehead atoms. The van der Waals surface area contributed by atoms with E-state index in [1.165, 1.54) is 12.8 Å². The van der Waals surface area contributed by atoms with Crippen LogP contribution >= 0.6 is 0 Å². The van der Waals surface area contributed by atoms with E-state index in [1.54, 1.807) is 23.5 Å². The number of nitrogens with zero attached hydrogens (tertiary/aromatic N) is 5. The van der Waals surface area contributed by atoms with Gasteiger partial charge < -0.3 is 15.5 Å². The Hall–Kier alpha value is -2.70. The predicted octanol–water partition coefficient (Wildman–Crippen LogP) is 2.62. The highest BCUT2D eigenvalue weighted by Gasteiger charge is 2.66. The summed E-state index contributed by atoms with van der Waals surface area (Å²) >= 11 is 0. The van der Waals surface area contributed by atoms with Crippen LogP contribution in [0, 0.1) is 5.92 Å². The summed E-state index contributed by atoms with van der Waals surface area (Å²) in [4.78, 5) is 30.8. The molecule has 2 atom stereocenters. The molecule has 2 saturated carbocycles. The molecule has 1 amide bonds. The van der Waals surface area contributed by atoms with E-state index in [1.807, 2.05) is 13.1 Å². The zero-order chi connectivity index (χ0) is 18.8. The molecular formula is C20H24N6O. The third kappa shape index (κ3) is 2.20. The summed E-state index contributed by atoms with van der Waals surface area (Å²) in [6.07, 6.45) is 10.6. The van der Waals surface area contributed by atoms with Gasteiger partial charge in [-0.3, -0.25) is 9.78 Å². The predicted molar refractivity (Wildman–Crippen MR) is 104 cm³/mol. The van der Waals surface area contributed by atoms with Crippen molar-refractivity contribution in [1.82, 2.24) is 15.0 Å². The number of nitrogens with two attached hydrogens (primary N) is 1. The van der Waals surface area contributed by atoms with E-state index in [2.05, 4.69) is 21.8 Å². The molecule has 7 heteroatoms. The average molecular weight is 364 g/mol. The molecule has 2 aliphatic carbocycles. The Balaban J connectivity index is 1.69. The zero-order valence-electron chi connectivity index (χ0n) is 15.7. The molecule has 2 aromatic heterocycles. The van der Waals surface area contributed by atoms with Crippen LogP contribution in [0.1, 0.15) is 39.0 Å². The summed E-state index contributed by atoms with van der Waals surface area (Å²) in [6, 6.07) is 2.20. The lowest BCUT2D eigenvalue weighted by Crippen LogP contribution is -2.59. The Kier molecular flexibility index (Phi) is 3.44. The standard InChI is InChI=1S/C20H24N6O/c1-12-9-20(12)19(27)25(2)16-11-23-17(14-7-8-22-10-15(14)21)24-18(16)26(20)13-5-3-4-6-13/h7-8,10-13H,3-6,9,21H2,1-2H3/t12-,20?/m0/s1. The summed E-state index contributed by atoms with van der Waals surface area (Å²) in [5, 5.41) is 0. The van der Waals surface area contributed by atoms with Gasteiger partial charge in [0.25, 0.3) is 5.91 Å². The fraction of sp³-hybridized carbons (Fsp3) is 0.500. The first-order chi connectivity index (χ1) is 13.0. The van der Waals surface area contributed by atoms with Crippen molar-refractivity contribution in [3.05, 3.63) is 24.7 Å². The van der Waals surface area contributed by atoms with Gasteiger partial charge in [-0.05, 0) is 31.2 Å². The highest BCUT2D eigenvalue weighted by molar-refractivity contribution is 6.10. The minimum atomic E-state index is -0.438. The number of amides is 1. The Morgan fingerprint density at radius 1 is 1.26 bits per heavy atom. The third-order valence-corrected chi connectivity index (χ3v) is 6.50. The summed E-state index contributed by atoms with van der Waals surface area (Å²) < 4.78 is 0. The van der Waals surface area contributed by atoms with Gasteiger partial charge in [-0.15, -0.1) is 0 Å². The highest BCUT2D eigenvalue weighted by atomic mass is 16.2. The first-order valence-electron chi connectivity index (χ1n) is 9.68. The van der Waals surface area contributed by atoms with Crippen molar-refractivity contribution >= 4 is 23.1 Å². The monoisotopic (exact) mass is 364 g/mol. The molecule has 3 aliphatic rings. The Labute approximate surface area is 158 Å². The van der Waals surface area contributed by atoms with Gasteiger partial charge in [0.1, 0.15) is 11.2 Å². The maximum Gasteiger partial charge on any atom is 0.253 e. The van der Waals surface area contributed by atoms with E-state index >= 15 is 0 Å². The van der Waals surface area contributed by atoms with E-state index < -0.39 is 5.54 Å². The van der Waals surface area contributed by atoms with Gasteiger partial charge in [-0.2, -0.15) is 0 Å². The topological polar surface area (TPSA) is 88.2 Å². The van der Waals surface area contributed by atoms with Gasteiger partial charge >= 0.3 is 0 Å². The maximum atomic E-state index is 13.3. The Bertz CT molecular complexity index is 924. The molecule has 2 fully saturated rings. The molecule has 1 aliphatic heterocycles. The van der Waals surface area contributed by atoms with Crippen molar-refractivity contribution in [3.63, 3.8) is 0 Å². The number of likely N-dealkylation sites (N-methyl/N-ethyl adjacent to an activating group) is 1. The van der Waals surface area contributed by atoms with Crippen molar-refractivity contribution in [3.8, 4) is 11.4 Å². The average Bonchev–Trinajstić information content (AvgIpc) is 3.06. The summed E-state index contributed by atoms with van der Waals surface area (Å²) in [7, 11) is 1.84. The number of fused-ring (bicyclic) bond motifs is 1. The molecule has 0 aromatic carbocycles. The second-order valence-corrected chi connectivity index (χ2v) is 8.07.